The normalized spacial score (nSPS) is 16.8. The Morgan fingerprint density at radius 3 is 2.94 bits per heavy atom. The van der Waals surface area contributed by atoms with E-state index in [1.165, 1.54) is 24.6 Å². The number of rotatable bonds is 5. The number of benzene rings is 1. The highest BCUT2D eigenvalue weighted by molar-refractivity contribution is 7.99. The number of nitrogens with zero attached hydrogens (tertiary/aromatic N) is 1. The average molecular weight is 252 g/mol. The van der Waals surface area contributed by atoms with E-state index in [-0.39, 0.29) is 0 Å². The van der Waals surface area contributed by atoms with Crippen molar-refractivity contribution in [3.05, 3.63) is 24.3 Å². The molecule has 1 radical (unpaired) electrons. The molecule has 0 spiro atoms. The predicted octanol–water partition coefficient (Wildman–Crippen LogP) is 1.92. The average Bonchev–Trinajstić information content (AvgIpc) is 2.40. The second-order valence-corrected chi connectivity index (χ2v) is 5.10. The third kappa shape index (κ3) is 3.82. The molecular weight excluding hydrogens is 234 g/mol. The van der Waals surface area contributed by atoms with Crippen molar-refractivity contribution in [1.82, 2.24) is 4.90 Å². The molecule has 1 heterocycles. The van der Waals surface area contributed by atoms with Crippen LogP contribution in [0.15, 0.2) is 18.2 Å². The summed E-state index contributed by atoms with van der Waals surface area (Å²) in [4.78, 5) is 2.44. The SMILES string of the molecule is COc1c[c]ccc1OCCN1CCSCC1. The summed E-state index contributed by atoms with van der Waals surface area (Å²) in [6.45, 7) is 4.05. The van der Waals surface area contributed by atoms with Crippen LogP contribution in [0.3, 0.4) is 0 Å². The molecule has 0 aliphatic carbocycles. The van der Waals surface area contributed by atoms with E-state index >= 15 is 0 Å². The summed E-state index contributed by atoms with van der Waals surface area (Å²) in [6.07, 6.45) is 0. The van der Waals surface area contributed by atoms with Gasteiger partial charge in [-0.05, 0) is 18.2 Å². The Bertz CT molecular complexity index is 340. The van der Waals surface area contributed by atoms with Crippen LogP contribution in [0.4, 0.5) is 0 Å². The molecule has 1 saturated heterocycles. The van der Waals surface area contributed by atoms with Crippen LogP contribution in [0, 0.1) is 6.07 Å². The molecule has 1 aromatic carbocycles. The van der Waals surface area contributed by atoms with Crippen molar-refractivity contribution in [3.8, 4) is 11.5 Å². The van der Waals surface area contributed by atoms with Crippen molar-refractivity contribution in [2.45, 2.75) is 0 Å². The zero-order valence-electron chi connectivity index (χ0n) is 10.1. The molecule has 0 bridgehead atoms. The van der Waals surface area contributed by atoms with Gasteiger partial charge < -0.3 is 9.47 Å². The van der Waals surface area contributed by atoms with Crippen molar-refractivity contribution < 1.29 is 9.47 Å². The van der Waals surface area contributed by atoms with Gasteiger partial charge in [0.05, 0.1) is 7.11 Å². The Hall–Kier alpha value is -0.870. The van der Waals surface area contributed by atoms with Gasteiger partial charge in [0, 0.05) is 31.1 Å². The number of hydrogen-bond donors (Lipinski definition) is 0. The van der Waals surface area contributed by atoms with Crippen LogP contribution in [0.2, 0.25) is 0 Å². The molecular formula is C13H18NO2S. The van der Waals surface area contributed by atoms with E-state index in [1.54, 1.807) is 13.2 Å². The lowest BCUT2D eigenvalue weighted by Crippen LogP contribution is -2.35. The van der Waals surface area contributed by atoms with Gasteiger partial charge in [-0.2, -0.15) is 11.8 Å². The smallest absolute Gasteiger partial charge is 0.161 e. The van der Waals surface area contributed by atoms with Gasteiger partial charge in [-0.25, -0.2) is 0 Å². The number of thioether (sulfide) groups is 1. The maximum absolute atomic E-state index is 5.74. The van der Waals surface area contributed by atoms with Crippen molar-refractivity contribution in [2.75, 3.05) is 44.9 Å². The number of ether oxygens (including phenoxy) is 2. The summed E-state index contributed by atoms with van der Waals surface area (Å²) < 4.78 is 11.0. The lowest BCUT2D eigenvalue weighted by Gasteiger charge is -2.25. The molecule has 1 aliphatic rings. The first-order valence-corrected chi connectivity index (χ1v) is 7.02. The van der Waals surface area contributed by atoms with E-state index in [1.807, 2.05) is 23.9 Å². The zero-order chi connectivity index (χ0) is 11.9. The van der Waals surface area contributed by atoms with Gasteiger partial charge in [0.1, 0.15) is 6.61 Å². The zero-order valence-corrected chi connectivity index (χ0v) is 11.0. The largest absolute Gasteiger partial charge is 0.493 e. The van der Waals surface area contributed by atoms with Gasteiger partial charge in [0.25, 0.3) is 0 Å². The third-order valence-electron chi connectivity index (χ3n) is 2.78. The summed E-state index contributed by atoms with van der Waals surface area (Å²) in [5, 5.41) is 0. The van der Waals surface area contributed by atoms with E-state index in [2.05, 4.69) is 11.0 Å². The molecule has 0 amide bonds. The number of methoxy groups -OCH3 is 1. The van der Waals surface area contributed by atoms with Crippen LogP contribution in [0.1, 0.15) is 0 Å². The fourth-order valence-corrected chi connectivity index (χ4v) is 2.77. The van der Waals surface area contributed by atoms with Gasteiger partial charge in [-0.15, -0.1) is 0 Å². The van der Waals surface area contributed by atoms with Crippen molar-refractivity contribution in [1.29, 1.82) is 0 Å². The van der Waals surface area contributed by atoms with Crippen molar-refractivity contribution in [2.24, 2.45) is 0 Å². The van der Waals surface area contributed by atoms with Crippen LogP contribution in [0.25, 0.3) is 0 Å². The molecule has 93 valence electrons. The molecule has 0 aromatic heterocycles. The van der Waals surface area contributed by atoms with Crippen LogP contribution in [-0.2, 0) is 0 Å². The van der Waals surface area contributed by atoms with E-state index in [0.29, 0.717) is 6.61 Å². The minimum Gasteiger partial charge on any atom is -0.493 e. The van der Waals surface area contributed by atoms with Crippen molar-refractivity contribution in [3.63, 3.8) is 0 Å². The Morgan fingerprint density at radius 1 is 1.35 bits per heavy atom. The Balaban J connectivity index is 1.77. The maximum atomic E-state index is 5.74. The van der Waals surface area contributed by atoms with Crippen LogP contribution < -0.4 is 9.47 Å². The van der Waals surface area contributed by atoms with E-state index < -0.39 is 0 Å². The van der Waals surface area contributed by atoms with Gasteiger partial charge in [-0.1, -0.05) is 6.07 Å². The fourth-order valence-electron chi connectivity index (χ4n) is 1.79. The van der Waals surface area contributed by atoms with Crippen LogP contribution in [0.5, 0.6) is 11.5 Å². The summed E-state index contributed by atoms with van der Waals surface area (Å²) in [5.74, 6) is 4.03. The van der Waals surface area contributed by atoms with Gasteiger partial charge in [0.15, 0.2) is 11.5 Å². The second kappa shape index (κ2) is 6.77. The first-order chi connectivity index (χ1) is 8.40. The third-order valence-corrected chi connectivity index (χ3v) is 3.72. The Labute approximate surface area is 107 Å². The summed E-state index contributed by atoms with van der Waals surface area (Å²) in [7, 11) is 1.65. The molecule has 0 unspecified atom stereocenters. The minimum atomic E-state index is 0.713. The fraction of sp³-hybridized carbons (Fsp3) is 0.538. The first kappa shape index (κ1) is 12.6. The molecule has 0 atom stereocenters. The van der Waals surface area contributed by atoms with E-state index in [9.17, 15) is 0 Å². The molecule has 1 fully saturated rings. The highest BCUT2D eigenvalue weighted by Gasteiger charge is 2.10. The van der Waals surface area contributed by atoms with Crippen LogP contribution >= 0.6 is 11.8 Å². The molecule has 2 rings (SSSR count). The van der Waals surface area contributed by atoms with Gasteiger partial charge >= 0.3 is 0 Å². The highest BCUT2D eigenvalue weighted by Crippen LogP contribution is 2.25. The minimum absolute atomic E-state index is 0.713. The number of hydrogen-bond acceptors (Lipinski definition) is 4. The maximum Gasteiger partial charge on any atom is 0.161 e. The Kier molecular flexibility index (Phi) is 5.01. The molecule has 0 saturated carbocycles. The summed E-state index contributed by atoms with van der Waals surface area (Å²) in [6, 6.07) is 8.51. The monoisotopic (exact) mass is 252 g/mol. The second-order valence-electron chi connectivity index (χ2n) is 3.88. The molecule has 1 aliphatic heterocycles. The topological polar surface area (TPSA) is 21.7 Å². The molecule has 17 heavy (non-hydrogen) atoms. The molecule has 1 aromatic rings. The standard InChI is InChI=1S/C13H18NO2S/c1-15-12-4-2-3-5-13(12)16-9-6-14-7-10-17-11-8-14/h3-5H,6-11H2,1H3. The van der Waals surface area contributed by atoms with Gasteiger partial charge in [-0.3, -0.25) is 4.90 Å². The summed E-state index contributed by atoms with van der Waals surface area (Å²) >= 11 is 2.03. The van der Waals surface area contributed by atoms with Crippen molar-refractivity contribution >= 4 is 11.8 Å². The Morgan fingerprint density at radius 2 is 2.18 bits per heavy atom. The lowest BCUT2D eigenvalue weighted by molar-refractivity contribution is 0.216. The van der Waals surface area contributed by atoms with Gasteiger partial charge in [0.2, 0.25) is 0 Å². The quantitative estimate of drug-likeness (QED) is 0.798. The highest BCUT2D eigenvalue weighted by atomic mass is 32.2. The lowest BCUT2D eigenvalue weighted by atomic mass is 10.3. The molecule has 3 nitrogen and oxygen atoms in total. The van der Waals surface area contributed by atoms with E-state index in [0.717, 1.165) is 18.0 Å². The molecule has 4 heteroatoms. The van der Waals surface area contributed by atoms with E-state index in [4.69, 9.17) is 9.47 Å². The first-order valence-electron chi connectivity index (χ1n) is 5.87. The van der Waals surface area contributed by atoms with Crippen LogP contribution in [-0.4, -0.2) is 49.8 Å². The molecule has 0 N–H and O–H groups in total. The predicted molar refractivity (Wildman–Crippen MR) is 71.1 cm³/mol. The summed E-state index contributed by atoms with van der Waals surface area (Å²) in [5.41, 5.74) is 0.